The summed E-state index contributed by atoms with van der Waals surface area (Å²) in [5, 5.41) is 2.93. The number of hydrogen-bond acceptors (Lipinski definition) is 5. The van der Waals surface area contributed by atoms with Crippen molar-refractivity contribution in [1.82, 2.24) is 15.2 Å². The Labute approximate surface area is 119 Å². The molecule has 0 aliphatic carbocycles. The van der Waals surface area contributed by atoms with Gasteiger partial charge < -0.3 is 19.9 Å². The lowest BCUT2D eigenvalue weighted by Crippen LogP contribution is -2.39. The fourth-order valence-electron chi connectivity index (χ4n) is 2.09. The Morgan fingerprint density at radius 3 is 2.90 bits per heavy atom. The molecule has 1 aromatic rings. The lowest BCUT2D eigenvalue weighted by atomic mass is 10.2. The quantitative estimate of drug-likeness (QED) is 0.834. The van der Waals surface area contributed by atoms with Crippen molar-refractivity contribution in [2.45, 2.75) is 0 Å². The molecule has 6 heteroatoms. The Morgan fingerprint density at radius 1 is 1.45 bits per heavy atom. The zero-order chi connectivity index (χ0) is 14.4. The topological polar surface area (TPSA) is 57.7 Å². The monoisotopic (exact) mass is 278 g/mol. The van der Waals surface area contributed by atoms with Crippen LogP contribution in [0.5, 0.6) is 0 Å². The van der Waals surface area contributed by atoms with Crippen molar-refractivity contribution in [2.24, 2.45) is 0 Å². The van der Waals surface area contributed by atoms with E-state index in [2.05, 4.69) is 15.2 Å². The van der Waals surface area contributed by atoms with Crippen LogP contribution < -0.4 is 10.2 Å². The molecule has 1 aliphatic rings. The van der Waals surface area contributed by atoms with Gasteiger partial charge in [-0.25, -0.2) is 4.98 Å². The largest absolute Gasteiger partial charge is 0.378 e. The Balaban J connectivity index is 2.04. The number of amides is 1. The molecule has 0 saturated carbocycles. The van der Waals surface area contributed by atoms with Crippen molar-refractivity contribution in [1.29, 1.82) is 0 Å². The molecule has 0 unspecified atom stereocenters. The first-order valence-electron chi connectivity index (χ1n) is 6.89. The SMILES string of the molecule is CN(C)CCNC(=O)c1cccnc1N1CCOCC1. The average molecular weight is 278 g/mol. The highest BCUT2D eigenvalue weighted by molar-refractivity contribution is 5.98. The van der Waals surface area contributed by atoms with Crippen LogP contribution in [0.15, 0.2) is 18.3 Å². The molecule has 20 heavy (non-hydrogen) atoms. The van der Waals surface area contributed by atoms with E-state index in [0.717, 1.165) is 25.5 Å². The highest BCUT2D eigenvalue weighted by Crippen LogP contribution is 2.18. The van der Waals surface area contributed by atoms with Crippen LogP contribution in [0.3, 0.4) is 0 Å². The van der Waals surface area contributed by atoms with Gasteiger partial charge in [0.1, 0.15) is 5.82 Å². The van der Waals surface area contributed by atoms with Crippen molar-refractivity contribution in [3.8, 4) is 0 Å². The van der Waals surface area contributed by atoms with E-state index >= 15 is 0 Å². The van der Waals surface area contributed by atoms with Gasteiger partial charge >= 0.3 is 0 Å². The van der Waals surface area contributed by atoms with Crippen molar-refractivity contribution in [3.05, 3.63) is 23.9 Å². The van der Waals surface area contributed by atoms with Gasteiger partial charge in [0.05, 0.1) is 18.8 Å². The van der Waals surface area contributed by atoms with Gasteiger partial charge in [-0.05, 0) is 26.2 Å². The summed E-state index contributed by atoms with van der Waals surface area (Å²) >= 11 is 0. The molecule has 0 aromatic carbocycles. The maximum absolute atomic E-state index is 12.3. The van der Waals surface area contributed by atoms with E-state index in [-0.39, 0.29) is 5.91 Å². The number of ether oxygens (including phenoxy) is 1. The van der Waals surface area contributed by atoms with Crippen molar-refractivity contribution in [3.63, 3.8) is 0 Å². The van der Waals surface area contributed by atoms with E-state index < -0.39 is 0 Å². The number of carbonyl (C=O) groups excluding carboxylic acids is 1. The van der Waals surface area contributed by atoms with Crippen LogP contribution in [0.2, 0.25) is 0 Å². The lowest BCUT2D eigenvalue weighted by Gasteiger charge is -2.29. The maximum atomic E-state index is 12.3. The third kappa shape index (κ3) is 3.91. The number of morpholine rings is 1. The molecule has 2 rings (SSSR count). The number of nitrogens with one attached hydrogen (secondary N) is 1. The van der Waals surface area contributed by atoms with E-state index in [0.29, 0.717) is 25.3 Å². The summed E-state index contributed by atoms with van der Waals surface area (Å²) in [4.78, 5) is 20.8. The smallest absolute Gasteiger partial charge is 0.255 e. The van der Waals surface area contributed by atoms with Gasteiger partial charge in [-0.3, -0.25) is 4.79 Å². The summed E-state index contributed by atoms with van der Waals surface area (Å²) in [5.41, 5.74) is 0.633. The lowest BCUT2D eigenvalue weighted by molar-refractivity contribution is 0.0949. The van der Waals surface area contributed by atoms with Gasteiger partial charge in [-0.1, -0.05) is 0 Å². The molecule has 110 valence electrons. The molecular weight excluding hydrogens is 256 g/mol. The van der Waals surface area contributed by atoms with Gasteiger partial charge in [0.2, 0.25) is 0 Å². The molecule has 2 heterocycles. The van der Waals surface area contributed by atoms with Crippen LogP contribution in [0.1, 0.15) is 10.4 Å². The minimum atomic E-state index is -0.0681. The van der Waals surface area contributed by atoms with Gasteiger partial charge in [0.25, 0.3) is 5.91 Å². The van der Waals surface area contributed by atoms with E-state index in [9.17, 15) is 4.79 Å². The molecule has 0 spiro atoms. The number of nitrogens with zero attached hydrogens (tertiary/aromatic N) is 3. The summed E-state index contributed by atoms with van der Waals surface area (Å²) in [6.45, 7) is 4.35. The second kappa shape index (κ2) is 7.21. The molecule has 1 aromatic heterocycles. The van der Waals surface area contributed by atoms with Crippen LogP contribution in [-0.2, 0) is 4.74 Å². The molecule has 1 N–H and O–H groups in total. The Morgan fingerprint density at radius 2 is 2.20 bits per heavy atom. The Kier molecular flexibility index (Phi) is 5.31. The molecule has 0 bridgehead atoms. The first-order chi connectivity index (χ1) is 9.68. The standard InChI is InChI=1S/C14H22N4O2/c1-17(2)7-6-16-14(19)12-4-3-5-15-13(12)18-8-10-20-11-9-18/h3-5H,6-11H2,1-2H3,(H,16,19). The van der Waals surface area contributed by atoms with Gasteiger partial charge in [-0.15, -0.1) is 0 Å². The molecule has 1 fully saturated rings. The van der Waals surface area contributed by atoms with Crippen LogP contribution in [-0.4, -0.2) is 69.3 Å². The minimum absolute atomic E-state index is 0.0681. The van der Waals surface area contributed by atoms with E-state index in [4.69, 9.17) is 4.74 Å². The third-order valence-electron chi connectivity index (χ3n) is 3.19. The van der Waals surface area contributed by atoms with Crippen LogP contribution in [0.25, 0.3) is 0 Å². The Hall–Kier alpha value is -1.66. The summed E-state index contributed by atoms with van der Waals surface area (Å²) in [6.07, 6.45) is 1.72. The van der Waals surface area contributed by atoms with Gasteiger partial charge in [0, 0.05) is 32.4 Å². The molecule has 1 aliphatic heterocycles. The number of pyridine rings is 1. The highest BCUT2D eigenvalue weighted by atomic mass is 16.5. The number of carbonyl (C=O) groups is 1. The second-order valence-electron chi connectivity index (χ2n) is 5.03. The number of hydrogen-bond donors (Lipinski definition) is 1. The molecule has 0 atom stereocenters. The van der Waals surface area contributed by atoms with Crippen molar-refractivity contribution >= 4 is 11.7 Å². The van der Waals surface area contributed by atoms with Crippen LogP contribution in [0, 0.1) is 0 Å². The number of likely N-dealkylation sites (N-methyl/N-ethyl adjacent to an activating group) is 1. The van der Waals surface area contributed by atoms with Crippen molar-refractivity contribution in [2.75, 3.05) is 58.4 Å². The number of aromatic nitrogens is 1. The van der Waals surface area contributed by atoms with Gasteiger partial charge in [0.15, 0.2) is 0 Å². The predicted molar refractivity (Wildman–Crippen MR) is 78.2 cm³/mol. The zero-order valence-electron chi connectivity index (χ0n) is 12.1. The molecule has 0 radical (unpaired) electrons. The zero-order valence-corrected chi connectivity index (χ0v) is 12.1. The normalized spacial score (nSPS) is 15.4. The van der Waals surface area contributed by atoms with Crippen molar-refractivity contribution < 1.29 is 9.53 Å². The average Bonchev–Trinajstić information content (AvgIpc) is 2.47. The highest BCUT2D eigenvalue weighted by Gasteiger charge is 2.19. The third-order valence-corrected chi connectivity index (χ3v) is 3.19. The Bertz CT molecular complexity index is 445. The summed E-state index contributed by atoms with van der Waals surface area (Å²) < 4.78 is 5.34. The number of rotatable bonds is 5. The van der Waals surface area contributed by atoms with E-state index in [1.54, 1.807) is 12.3 Å². The fourth-order valence-corrected chi connectivity index (χ4v) is 2.09. The molecule has 1 saturated heterocycles. The summed E-state index contributed by atoms with van der Waals surface area (Å²) in [5.74, 6) is 0.680. The summed E-state index contributed by atoms with van der Waals surface area (Å²) in [7, 11) is 3.96. The first-order valence-corrected chi connectivity index (χ1v) is 6.89. The minimum Gasteiger partial charge on any atom is -0.378 e. The molecule has 1 amide bonds. The maximum Gasteiger partial charge on any atom is 0.255 e. The fraction of sp³-hybridized carbons (Fsp3) is 0.571. The number of anilines is 1. The van der Waals surface area contributed by atoms with E-state index in [1.165, 1.54) is 0 Å². The van der Waals surface area contributed by atoms with Crippen LogP contribution in [0.4, 0.5) is 5.82 Å². The first kappa shape index (κ1) is 14.7. The van der Waals surface area contributed by atoms with Crippen LogP contribution >= 0.6 is 0 Å². The predicted octanol–water partition coefficient (Wildman–Crippen LogP) is 0.210. The molecular formula is C14H22N4O2. The second-order valence-corrected chi connectivity index (χ2v) is 5.03. The summed E-state index contributed by atoms with van der Waals surface area (Å²) in [6, 6.07) is 3.62. The molecule has 6 nitrogen and oxygen atoms in total. The van der Waals surface area contributed by atoms with Gasteiger partial charge in [-0.2, -0.15) is 0 Å². The van der Waals surface area contributed by atoms with E-state index in [1.807, 2.05) is 25.1 Å².